The fraction of sp³-hybridized carbons (Fsp3) is 0.909. The van der Waals surface area contributed by atoms with Gasteiger partial charge in [-0.05, 0) is 19.5 Å². The number of likely N-dealkylation sites (N-methyl/N-ethyl adjacent to an activating group) is 1. The van der Waals surface area contributed by atoms with Gasteiger partial charge in [-0.3, -0.25) is 9.69 Å². The number of carbonyl (C=O) groups is 1. The number of carboxylic acid groups (broad SMARTS) is 1. The highest BCUT2D eigenvalue weighted by molar-refractivity contribution is 5.73. The van der Waals surface area contributed by atoms with E-state index >= 15 is 0 Å². The van der Waals surface area contributed by atoms with E-state index in [1.807, 2.05) is 0 Å². The molecule has 1 rings (SSSR count). The third-order valence-corrected chi connectivity index (χ3v) is 3.11. The molecule has 1 N–H and O–H groups in total. The van der Waals surface area contributed by atoms with E-state index in [0.29, 0.717) is 6.54 Å². The summed E-state index contributed by atoms with van der Waals surface area (Å²) < 4.78 is 0. The Kier molecular flexibility index (Phi) is 5.05. The van der Waals surface area contributed by atoms with Crippen molar-refractivity contribution in [3.8, 4) is 0 Å². The van der Waals surface area contributed by atoms with Gasteiger partial charge in [-0.15, -0.1) is 0 Å². The van der Waals surface area contributed by atoms with Crippen molar-refractivity contribution < 1.29 is 9.90 Å². The van der Waals surface area contributed by atoms with E-state index in [1.165, 1.54) is 0 Å². The summed E-state index contributed by atoms with van der Waals surface area (Å²) in [6, 6.07) is -0.301. The molecular weight excluding hydrogens is 192 g/mol. The molecule has 0 aromatic heterocycles. The number of unbranched alkanes of at least 4 members (excludes halogenated alkanes) is 1. The van der Waals surface area contributed by atoms with Crippen molar-refractivity contribution in [3.63, 3.8) is 0 Å². The fourth-order valence-corrected chi connectivity index (χ4v) is 2.03. The predicted octanol–water partition coefficient (Wildman–Crippen LogP) is 0.877. The molecule has 0 aromatic rings. The first-order chi connectivity index (χ1) is 7.19. The van der Waals surface area contributed by atoms with Gasteiger partial charge in [0.1, 0.15) is 6.04 Å². The van der Waals surface area contributed by atoms with Gasteiger partial charge in [-0.25, -0.2) is 0 Å². The summed E-state index contributed by atoms with van der Waals surface area (Å²) in [6.45, 7) is 8.67. The second-order valence-corrected chi connectivity index (χ2v) is 4.14. The van der Waals surface area contributed by atoms with Crippen LogP contribution in [0.5, 0.6) is 0 Å². The van der Waals surface area contributed by atoms with Crippen molar-refractivity contribution in [1.82, 2.24) is 9.80 Å². The van der Waals surface area contributed by atoms with E-state index in [2.05, 4.69) is 23.6 Å². The van der Waals surface area contributed by atoms with Crippen LogP contribution in [0.15, 0.2) is 0 Å². The summed E-state index contributed by atoms with van der Waals surface area (Å²) in [7, 11) is 0. The van der Waals surface area contributed by atoms with Gasteiger partial charge in [-0.1, -0.05) is 20.3 Å². The molecule has 0 aromatic carbocycles. The molecule has 1 aliphatic heterocycles. The number of piperazine rings is 1. The third-order valence-electron chi connectivity index (χ3n) is 3.11. The maximum absolute atomic E-state index is 11.1. The second kappa shape index (κ2) is 6.08. The lowest BCUT2D eigenvalue weighted by Gasteiger charge is -2.38. The second-order valence-electron chi connectivity index (χ2n) is 4.14. The zero-order valence-corrected chi connectivity index (χ0v) is 9.78. The van der Waals surface area contributed by atoms with Gasteiger partial charge >= 0.3 is 5.97 Å². The third kappa shape index (κ3) is 3.47. The molecule has 0 bridgehead atoms. The van der Waals surface area contributed by atoms with E-state index in [-0.39, 0.29) is 6.04 Å². The zero-order chi connectivity index (χ0) is 11.3. The Bertz CT molecular complexity index is 209. The summed E-state index contributed by atoms with van der Waals surface area (Å²) in [5.74, 6) is -0.677. The Morgan fingerprint density at radius 3 is 2.67 bits per heavy atom. The highest BCUT2D eigenvalue weighted by Gasteiger charge is 2.30. The lowest BCUT2D eigenvalue weighted by atomic mass is 10.1. The van der Waals surface area contributed by atoms with Gasteiger partial charge < -0.3 is 10.0 Å². The molecule has 1 saturated heterocycles. The van der Waals surface area contributed by atoms with Crippen LogP contribution in [0.4, 0.5) is 0 Å². The van der Waals surface area contributed by atoms with Crippen molar-refractivity contribution in [3.05, 3.63) is 0 Å². The normalized spacial score (nSPS) is 24.3. The van der Waals surface area contributed by atoms with Gasteiger partial charge in [0, 0.05) is 19.6 Å². The van der Waals surface area contributed by atoms with Crippen LogP contribution in [-0.2, 0) is 4.79 Å². The molecular formula is C11H22N2O2. The van der Waals surface area contributed by atoms with E-state index in [4.69, 9.17) is 5.11 Å². The average Bonchev–Trinajstić information content (AvgIpc) is 2.26. The minimum absolute atomic E-state index is 0.301. The first kappa shape index (κ1) is 12.5. The largest absolute Gasteiger partial charge is 0.480 e. The molecule has 0 radical (unpaired) electrons. The summed E-state index contributed by atoms with van der Waals surface area (Å²) in [4.78, 5) is 15.4. The molecule has 0 aliphatic carbocycles. The molecule has 4 nitrogen and oxygen atoms in total. The number of hydrogen-bond donors (Lipinski definition) is 1. The molecule has 0 amide bonds. The molecule has 0 saturated carbocycles. The minimum atomic E-state index is -0.677. The van der Waals surface area contributed by atoms with Crippen molar-refractivity contribution in [2.24, 2.45) is 0 Å². The first-order valence-electron chi connectivity index (χ1n) is 5.88. The van der Waals surface area contributed by atoms with Crippen molar-refractivity contribution in [1.29, 1.82) is 0 Å². The van der Waals surface area contributed by atoms with Crippen molar-refractivity contribution >= 4 is 5.97 Å². The first-order valence-corrected chi connectivity index (χ1v) is 5.88. The fourth-order valence-electron chi connectivity index (χ4n) is 2.03. The molecule has 1 heterocycles. The molecule has 1 unspecified atom stereocenters. The Morgan fingerprint density at radius 2 is 2.13 bits per heavy atom. The van der Waals surface area contributed by atoms with E-state index in [0.717, 1.165) is 39.0 Å². The number of aliphatic carboxylic acids is 1. The monoisotopic (exact) mass is 214 g/mol. The summed E-state index contributed by atoms with van der Waals surface area (Å²) >= 11 is 0. The van der Waals surface area contributed by atoms with Crippen LogP contribution in [0.3, 0.4) is 0 Å². The summed E-state index contributed by atoms with van der Waals surface area (Å²) in [6.07, 6.45) is 2.22. The van der Waals surface area contributed by atoms with Crippen LogP contribution in [0.1, 0.15) is 26.7 Å². The molecule has 4 heteroatoms. The highest BCUT2D eigenvalue weighted by Crippen LogP contribution is 2.11. The van der Waals surface area contributed by atoms with Gasteiger partial charge in [0.15, 0.2) is 0 Å². The Balaban J connectivity index is 2.51. The van der Waals surface area contributed by atoms with E-state index in [9.17, 15) is 4.79 Å². The lowest BCUT2D eigenvalue weighted by molar-refractivity contribution is -0.145. The molecule has 1 aliphatic rings. The number of nitrogens with zero attached hydrogens (tertiary/aromatic N) is 2. The predicted molar refractivity (Wildman–Crippen MR) is 60.0 cm³/mol. The van der Waals surface area contributed by atoms with E-state index in [1.54, 1.807) is 0 Å². The van der Waals surface area contributed by atoms with Crippen LogP contribution >= 0.6 is 0 Å². The van der Waals surface area contributed by atoms with Gasteiger partial charge in [0.2, 0.25) is 0 Å². The van der Waals surface area contributed by atoms with Crippen molar-refractivity contribution in [2.45, 2.75) is 32.7 Å². The SMILES string of the molecule is CCCCN1CCN(CC)CC1C(=O)O. The number of hydrogen-bond acceptors (Lipinski definition) is 3. The van der Waals surface area contributed by atoms with Crippen LogP contribution in [-0.4, -0.2) is 59.6 Å². The van der Waals surface area contributed by atoms with Gasteiger partial charge in [0.05, 0.1) is 0 Å². The van der Waals surface area contributed by atoms with Crippen LogP contribution in [0.25, 0.3) is 0 Å². The van der Waals surface area contributed by atoms with E-state index < -0.39 is 5.97 Å². The topological polar surface area (TPSA) is 43.8 Å². The van der Waals surface area contributed by atoms with Gasteiger partial charge in [-0.2, -0.15) is 0 Å². The number of rotatable bonds is 5. The molecule has 1 atom stereocenters. The average molecular weight is 214 g/mol. The Labute approximate surface area is 91.9 Å². The highest BCUT2D eigenvalue weighted by atomic mass is 16.4. The summed E-state index contributed by atoms with van der Waals surface area (Å²) in [5, 5.41) is 9.15. The lowest BCUT2D eigenvalue weighted by Crippen LogP contribution is -2.56. The van der Waals surface area contributed by atoms with Crippen LogP contribution < -0.4 is 0 Å². The zero-order valence-electron chi connectivity index (χ0n) is 9.78. The maximum atomic E-state index is 11.1. The smallest absolute Gasteiger partial charge is 0.322 e. The summed E-state index contributed by atoms with van der Waals surface area (Å²) in [5.41, 5.74) is 0. The molecule has 15 heavy (non-hydrogen) atoms. The standard InChI is InChI=1S/C11H22N2O2/c1-3-5-6-13-8-7-12(4-2)9-10(13)11(14)15/h10H,3-9H2,1-2H3,(H,14,15). The minimum Gasteiger partial charge on any atom is -0.480 e. The Morgan fingerprint density at radius 1 is 1.40 bits per heavy atom. The van der Waals surface area contributed by atoms with Gasteiger partial charge in [0.25, 0.3) is 0 Å². The number of carboxylic acids is 1. The molecule has 88 valence electrons. The van der Waals surface area contributed by atoms with Crippen LogP contribution in [0.2, 0.25) is 0 Å². The van der Waals surface area contributed by atoms with Crippen LogP contribution in [0, 0.1) is 0 Å². The Hall–Kier alpha value is -0.610. The molecule has 1 fully saturated rings. The maximum Gasteiger partial charge on any atom is 0.322 e. The van der Waals surface area contributed by atoms with Crippen molar-refractivity contribution in [2.75, 3.05) is 32.7 Å². The molecule has 0 spiro atoms. The quantitative estimate of drug-likeness (QED) is 0.738.